The Morgan fingerprint density at radius 1 is 1.32 bits per heavy atom. The second kappa shape index (κ2) is 10.3. The normalized spacial score (nSPS) is 16.2. The largest absolute Gasteiger partial charge is 0.463 e. The first-order valence-electron chi connectivity index (χ1n) is 7.96. The van der Waals surface area contributed by atoms with Gasteiger partial charge in [-0.15, -0.1) is 0 Å². The van der Waals surface area contributed by atoms with Crippen LogP contribution in [0.1, 0.15) is 22.3 Å². The first-order chi connectivity index (χ1) is 13.2. The lowest BCUT2D eigenvalue weighted by molar-refractivity contribution is -0.138. The Labute approximate surface area is 158 Å². The van der Waals surface area contributed by atoms with Crippen molar-refractivity contribution in [1.29, 1.82) is 0 Å². The minimum Gasteiger partial charge on any atom is -0.463 e. The van der Waals surface area contributed by atoms with Crippen molar-refractivity contribution in [3.05, 3.63) is 29.3 Å². The minimum atomic E-state index is -4.68. The number of esters is 1. The van der Waals surface area contributed by atoms with E-state index >= 15 is 0 Å². The molecule has 1 aliphatic heterocycles. The number of alkyl halides is 3. The van der Waals surface area contributed by atoms with Gasteiger partial charge in [-0.25, -0.2) is 4.99 Å². The summed E-state index contributed by atoms with van der Waals surface area (Å²) < 4.78 is 43.4. The third kappa shape index (κ3) is 6.87. The molecular weight excluding hydrogens is 383 g/mol. The van der Waals surface area contributed by atoms with Gasteiger partial charge in [-0.1, -0.05) is 0 Å². The third-order valence-electron chi connectivity index (χ3n) is 3.36. The molecule has 1 saturated heterocycles. The van der Waals surface area contributed by atoms with Crippen LogP contribution in [0.4, 0.5) is 18.9 Å². The summed E-state index contributed by atoms with van der Waals surface area (Å²) in [4.78, 5) is 38.2. The zero-order valence-electron chi connectivity index (χ0n) is 14.9. The van der Waals surface area contributed by atoms with Crippen LogP contribution in [-0.4, -0.2) is 50.4 Å². The summed E-state index contributed by atoms with van der Waals surface area (Å²) in [6.45, 7) is -0.443. The van der Waals surface area contributed by atoms with E-state index in [2.05, 4.69) is 26.1 Å². The topological polar surface area (TPSA) is 149 Å². The van der Waals surface area contributed by atoms with Crippen LogP contribution in [0.5, 0.6) is 0 Å². The van der Waals surface area contributed by atoms with E-state index < -0.39 is 42.1 Å². The molecule has 0 bridgehead atoms. The van der Waals surface area contributed by atoms with Crippen LogP contribution >= 0.6 is 0 Å². The summed E-state index contributed by atoms with van der Waals surface area (Å²) in [7, 11) is 1.50. The van der Waals surface area contributed by atoms with Crippen LogP contribution in [0, 0.1) is 0 Å². The first-order valence-corrected chi connectivity index (χ1v) is 7.96. The van der Waals surface area contributed by atoms with E-state index in [1.54, 1.807) is 0 Å². The molecule has 1 aromatic rings. The Bertz CT molecular complexity index is 752. The lowest BCUT2D eigenvalue weighted by Gasteiger charge is -2.12. The van der Waals surface area contributed by atoms with Gasteiger partial charge >= 0.3 is 12.1 Å². The Morgan fingerprint density at radius 3 is 2.54 bits per heavy atom. The van der Waals surface area contributed by atoms with Gasteiger partial charge in [0.05, 0.1) is 36.6 Å². The fraction of sp³-hybridized carbons (Fsp3) is 0.375. The predicted octanol–water partition coefficient (Wildman–Crippen LogP) is 0.0603. The second-order valence-electron chi connectivity index (χ2n) is 5.38. The van der Waals surface area contributed by atoms with Gasteiger partial charge in [0, 0.05) is 5.56 Å². The average molecular weight is 403 g/mol. The monoisotopic (exact) mass is 403 g/mol. The number of benzene rings is 1. The standard InChI is InChI=1S/C15H15F3N4O4.CH5N/c16-15(17,18)9-1-8(2-10(3-9)21-7-19)14(25)20-5-12(23)22-11-4-13(24)26-6-11;1-2/h1-3,7,11H,4-6H2,(H2,19,21)(H,20,25)(H,22,23);2H2,1H3. The van der Waals surface area contributed by atoms with Crippen molar-refractivity contribution in [2.45, 2.75) is 18.6 Å². The van der Waals surface area contributed by atoms with E-state index in [1.165, 1.54) is 7.05 Å². The highest BCUT2D eigenvalue weighted by Gasteiger charge is 2.32. The zero-order valence-corrected chi connectivity index (χ0v) is 14.9. The highest BCUT2D eigenvalue weighted by molar-refractivity contribution is 5.97. The summed E-state index contributed by atoms with van der Waals surface area (Å²) in [5.41, 5.74) is 8.02. The SMILES string of the molecule is CN.NC=Nc1cc(C(=O)NCC(=O)NC2COC(=O)C2)cc(C(F)(F)F)c1. The molecule has 9 nitrogen and oxygen atoms in total. The van der Waals surface area contributed by atoms with Crippen LogP contribution in [0.25, 0.3) is 0 Å². The van der Waals surface area contributed by atoms with Crippen molar-refractivity contribution < 1.29 is 32.3 Å². The molecule has 0 aliphatic carbocycles. The number of nitrogens with one attached hydrogen (secondary N) is 2. The van der Waals surface area contributed by atoms with Gasteiger partial charge in [0.1, 0.15) is 6.61 Å². The smallest absolute Gasteiger partial charge is 0.416 e. The number of cyclic esters (lactones) is 1. The number of amides is 2. The average Bonchev–Trinajstić information content (AvgIpc) is 3.05. The molecule has 1 aliphatic rings. The van der Waals surface area contributed by atoms with E-state index in [0.29, 0.717) is 6.07 Å². The van der Waals surface area contributed by atoms with Crippen LogP contribution in [0.2, 0.25) is 0 Å². The number of carbonyl (C=O) groups excluding carboxylic acids is 3. The van der Waals surface area contributed by atoms with Gasteiger partial charge in [-0.05, 0) is 25.2 Å². The van der Waals surface area contributed by atoms with Gasteiger partial charge < -0.3 is 26.8 Å². The Kier molecular flexibility index (Phi) is 8.38. The number of hydrogen-bond donors (Lipinski definition) is 4. The molecule has 12 heteroatoms. The number of halogens is 3. The van der Waals surface area contributed by atoms with Crippen LogP contribution < -0.4 is 22.1 Å². The molecular formula is C16H20F3N5O4. The van der Waals surface area contributed by atoms with Crippen molar-refractivity contribution in [3.8, 4) is 0 Å². The Morgan fingerprint density at radius 2 is 2.00 bits per heavy atom. The molecule has 28 heavy (non-hydrogen) atoms. The number of carbonyl (C=O) groups is 3. The number of rotatable bonds is 5. The van der Waals surface area contributed by atoms with Gasteiger partial charge in [0.15, 0.2) is 0 Å². The van der Waals surface area contributed by atoms with Crippen molar-refractivity contribution in [2.24, 2.45) is 16.5 Å². The van der Waals surface area contributed by atoms with Crippen molar-refractivity contribution in [1.82, 2.24) is 10.6 Å². The summed E-state index contributed by atoms with van der Waals surface area (Å²) in [6.07, 6.45) is -3.86. The minimum absolute atomic E-state index is 0.0216. The third-order valence-corrected chi connectivity index (χ3v) is 3.36. The van der Waals surface area contributed by atoms with E-state index in [-0.39, 0.29) is 24.3 Å². The Hall–Kier alpha value is -3.15. The molecule has 1 atom stereocenters. The molecule has 0 saturated carbocycles. The molecule has 0 spiro atoms. The summed E-state index contributed by atoms with van der Waals surface area (Å²) >= 11 is 0. The number of aliphatic imine (C=N–C) groups is 1. The molecule has 0 aromatic heterocycles. The summed E-state index contributed by atoms with van der Waals surface area (Å²) in [6, 6.07) is 2.00. The van der Waals surface area contributed by atoms with Gasteiger partial charge in [0.25, 0.3) is 5.91 Å². The van der Waals surface area contributed by atoms with Gasteiger partial charge in [0.2, 0.25) is 5.91 Å². The lowest BCUT2D eigenvalue weighted by Crippen LogP contribution is -2.42. The maximum atomic E-state index is 12.9. The molecule has 1 unspecified atom stereocenters. The quantitative estimate of drug-likeness (QED) is 0.310. The molecule has 1 aromatic carbocycles. The highest BCUT2D eigenvalue weighted by atomic mass is 19.4. The van der Waals surface area contributed by atoms with E-state index in [4.69, 9.17) is 5.73 Å². The van der Waals surface area contributed by atoms with E-state index in [0.717, 1.165) is 18.5 Å². The molecule has 0 radical (unpaired) electrons. The van der Waals surface area contributed by atoms with E-state index in [9.17, 15) is 27.6 Å². The zero-order chi connectivity index (χ0) is 21.3. The van der Waals surface area contributed by atoms with Gasteiger partial charge in [-0.3, -0.25) is 14.4 Å². The van der Waals surface area contributed by atoms with Gasteiger partial charge in [-0.2, -0.15) is 13.2 Å². The predicted molar refractivity (Wildman–Crippen MR) is 93.7 cm³/mol. The molecule has 6 N–H and O–H groups in total. The Balaban J connectivity index is 0.00000190. The summed E-state index contributed by atoms with van der Waals surface area (Å²) in [5.74, 6) is -1.94. The number of nitrogens with two attached hydrogens (primary N) is 2. The highest BCUT2D eigenvalue weighted by Crippen LogP contribution is 2.32. The van der Waals surface area contributed by atoms with E-state index in [1.807, 2.05) is 0 Å². The van der Waals surface area contributed by atoms with Crippen LogP contribution in [-0.2, 0) is 20.5 Å². The lowest BCUT2D eigenvalue weighted by atomic mass is 10.1. The second-order valence-corrected chi connectivity index (χ2v) is 5.38. The van der Waals surface area contributed by atoms with Crippen LogP contribution in [0.15, 0.2) is 23.2 Å². The molecule has 1 heterocycles. The van der Waals surface area contributed by atoms with Crippen molar-refractivity contribution in [2.75, 3.05) is 20.2 Å². The maximum absolute atomic E-state index is 12.9. The fourth-order valence-electron chi connectivity index (χ4n) is 2.21. The molecule has 1 fully saturated rings. The first kappa shape index (κ1) is 22.9. The fourth-order valence-corrected chi connectivity index (χ4v) is 2.21. The number of ether oxygens (including phenoxy) is 1. The maximum Gasteiger partial charge on any atom is 0.416 e. The number of hydrogen-bond acceptors (Lipinski definition) is 6. The molecule has 154 valence electrons. The summed E-state index contributed by atoms with van der Waals surface area (Å²) in [5, 5.41) is 4.67. The molecule has 2 rings (SSSR count). The molecule has 2 amide bonds. The van der Waals surface area contributed by atoms with Crippen molar-refractivity contribution in [3.63, 3.8) is 0 Å². The van der Waals surface area contributed by atoms with Crippen LogP contribution in [0.3, 0.4) is 0 Å². The number of nitrogens with zero attached hydrogens (tertiary/aromatic N) is 1. The van der Waals surface area contributed by atoms with Crippen molar-refractivity contribution >= 4 is 29.8 Å².